The summed E-state index contributed by atoms with van der Waals surface area (Å²) in [5.41, 5.74) is 7.79. The molecule has 0 saturated heterocycles. The summed E-state index contributed by atoms with van der Waals surface area (Å²) in [7, 11) is 0. The topological polar surface area (TPSA) is 38.9 Å². The van der Waals surface area contributed by atoms with Crippen LogP contribution < -0.4 is 5.73 Å². The lowest BCUT2D eigenvalue weighted by Gasteiger charge is -2.28. The van der Waals surface area contributed by atoms with Crippen molar-refractivity contribution in [2.75, 3.05) is 0 Å². The fourth-order valence-electron chi connectivity index (χ4n) is 2.74. The van der Waals surface area contributed by atoms with Gasteiger partial charge in [-0.3, -0.25) is 4.98 Å². The van der Waals surface area contributed by atoms with E-state index in [1.807, 2.05) is 12.4 Å². The van der Waals surface area contributed by atoms with E-state index in [1.165, 1.54) is 24.8 Å². The maximum absolute atomic E-state index is 6.56. The average Bonchev–Trinajstić information content (AvgIpc) is 2.41. The van der Waals surface area contributed by atoms with Crippen LogP contribution in [-0.4, -0.2) is 10.5 Å². The highest BCUT2D eigenvalue weighted by Crippen LogP contribution is 2.31. The summed E-state index contributed by atoms with van der Waals surface area (Å²) in [5.74, 6) is 0.834. The van der Waals surface area contributed by atoms with Crippen molar-refractivity contribution in [1.29, 1.82) is 0 Å². The Morgan fingerprint density at radius 1 is 1.41 bits per heavy atom. The van der Waals surface area contributed by atoms with E-state index in [-0.39, 0.29) is 5.54 Å². The molecule has 0 bridgehead atoms. The van der Waals surface area contributed by atoms with Crippen LogP contribution in [0.1, 0.15) is 44.6 Å². The maximum atomic E-state index is 6.56. The van der Waals surface area contributed by atoms with Gasteiger partial charge >= 0.3 is 0 Å². The second kappa shape index (κ2) is 5.49. The molecular weight excluding hydrogens is 276 g/mol. The molecular formula is C14H21BrN2. The van der Waals surface area contributed by atoms with Crippen LogP contribution in [0.5, 0.6) is 0 Å². The first-order chi connectivity index (χ1) is 8.07. The molecule has 1 fully saturated rings. The van der Waals surface area contributed by atoms with Crippen LogP contribution in [-0.2, 0) is 6.42 Å². The predicted molar refractivity (Wildman–Crippen MR) is 74.8 cm³/mol. The van der Waals surface area contributed by atoms with Crippen LogP contribution >= 0.6 is 15.9 Å². The van der Waals surface area contributed by atoms with Gasteiger partial charge in [0.2, 0.25) is 0 Å². The highest BCUT2D eigenvalue weighted by atomic mass is 79.9. The van der Waals surface area contributed by atoms with Gasteiger partial charge in [-0.1, -0.05) is 19.8 Å². The molecule has 0 aromatic carbocycles. The molecule has 17 heavy (non-hydrogen) atoms. The third-order valence-electron chi connectivity index (χ3n) is 3.82. The zero-order chi connectivity index (χ0) is 12.3. The van der Waals surface area contributed by atoms with Crippen LogP contribution in [0, 0.1) is 5.92 Å². The molecule has 3 heteroatoms. The summed E-state index contributed by atoms with van der Waals surface area (Å²) in [6, 6.07) is 2.13. The SMILES string of the molecule is CC1CCCC(N)(Cc2cncc(Br)c2)CC1. The molecule has 1 heterocycles. The fraction of sp³-hybridized carbons (Fsp3) is 0.643. The summed E-state index contributed by atoms with van der Waals surface area (Å²) < 4.78 is 1.04. The van der Waals surface area contributed by atoms with Gasteiger partial charge in [-0.2, -0.15) is 0 Å². The van der Waals surface area contributed by atoms with Crippen molar-refractivity contribution in [3.05, 3.63) is 28.5 Å². The van der Waals surface area contributed by atoms with Crippen molar-refractivity contribution in [3.8, 4) is 0 Å². The molecule has 0 spiro atoms. The summed E-state index contributed by atoms with van der Waals surface area (Å²) in [6.45, 7) is 2.34. The Hall–Kier alpha value is -0.410. The predicted octanol–water partition coefficient (Wildman–Crippen LogP) is 3.68. The molecule has 2 atom stereocenters. The van der Waals surface area contributed by atoms with Crippen molar-refractivity contribution in [3.63, 3.8) is 0 Å². The average molecular weight is 297 g/mol. The van der Waals surface area contributed by atoms with Gasteiger partial charge in [-0.15, -0.1) is 0 Å². The first-order valence-electron chi connectivity index (χ1n) is 6.46. The highest BCUT2D eigenvalue weighted by molar-refractivity contribution is 9.10. The molecule has 2 rings (SSSR count). The van der Waals surface area contributed by atoms with Crippen LogP contribution in [0.15, 0.2) is 22.9 Å². The van der Waals surface area contributed by atoms with Gasteiger partial charge in [0.05, 0.1) is 0 Å². The van der Waals surface area contributed by atoms with Crippen molar-refractivity contribution in [2.24, 2.45) is 11.7 Å². The standard InChI is InChI=1S/C14H21BrN2/c1-11-3-2-5-14(16,6-4-11)8-12-7-13(15)10-17-9-12/h7,9-11H,2-6,8,16H2,1H3. The summed E-state index contributed by atoms with van der Waals surface area (Å²) >= 11 is 3.47. The second-order valence-corrected chi connectivity index (χ2v) is 6.50. The minimum atomic E-state index is -0.0206. The minimum Gasteiger partial charge on any atom is -0.325 e. The van der Waals surface area contributed by atoms with E-state index in [1.54, 1.807) is 0 Å². The van der Waals surface area contributed by atoms with Gasteiger partial charge in [-0.05, 0) is 59.2 Å². The van der Waals surface area contributed by atoms with Gasteiger partial charge in [0.15, 0.2) is 0 Å². The molecule has 1 aromatic rings. The molecule has 2 N–H and O–H groups in total. The van der Waals surface area contributed by atoms with Crippen molar-refractivity contribution in [2.45, 2.75) is 51.0 Å². The number of hydrogen-bond acceptors (Lipinski definition) is 2. The van der Waals surface area contributed by atoms with Crippen LogP contribution in [0.4, 0.5) is 0 Å². The van der Waals surface area contributed by atoms with E-state index < -0.39 is 0 Å². The summed E-state index contributed by atoms with van der Waals surface area (Å²) in [6.07, 6.45) is 10.8. The number of pyridine rings is 1. The number of nitrogens with two attached hydrogens (primary N) is 1. The van der Waals surface area contributed by atoms with Gasteiger partial charge < -0.3 is 5.73 Å². The first kappa shape index (κ1) is 13.0. The summed E-state index contributed by atoms with van der Waals surface area (Å²) in [4.78, 5) is 4.22. The Labute approximate surface area is 112 Å². The van der Waals surface area contributed by atoms with E-state index in [2.05, 4.69) is 33.9 Å². The normalized spacial score (nSPS) is 29.9. The van der Waals surface area contributed by atoms with E-state index in [0.29, 0.717) is 0 Å². The zero-order valence-electron chi connectivity index (χ0n) is 10.5. The van der Waals surface area contributed by atoms with Gasteiger partial charge in [0, 0.05) is 22.4 Å². The van der Waals surface area contributed by atoms with Crippen LogP contribution in [0.3, 0.4) is 0 Å². The fourth-order valence-corrected chi connectivity index (χ4v) is 3.15. The van der Waals surface area contributed by atoms with E-state index in [9.17, 15) is 0 Å². The van der Waals surface area contributed by atoms with Gasteiger partial charge in [0.1, 0.15) is 0 Å². The van der Waals surface area contributed by atoms with Gasteiger partial charge in [-0.25, -0.2) is 0 Å². The Bertz CT molecular complexity index is 380. The minimum absolute atomic E-state index is 0.0206. The lowest BCUT2D eigenvalue weighted by atomic mass is 9.85. The first-order valence-corrected chi connectivity index (χ1v) is 7.25. The van der Waals surface area contributed by atoms with E-state index in [0.717, 1.165) is 29.7 Å². The Kier molecular flexibility index (Phi) is 4.21. The van der Waals surface area contributed by atoms with Crippen molar-refractivity contribution >= 4 is 15.9 Å². The second-order valence-electron chi connectivity index (χ2n) is 5.59. The number of nitrogens with zero attached hydrogens (tertiary/aromatic N) is 1. The van der Waals surface area contributed by atoms with E-state index >= 15 is 0 Å². The van der Waals surface area contributed by atoms with E-state index in [4.69, 9.17) is 5.73 Å². The summed E-state index contributed by atoms with van der Waals surface area (Å²) in [5, 5.41) is 0. The third-order valence-corrected chi connectivity index (χ3v) is 4.26. The van der Waals surface area contributed by atoms with Crippen LogP contribution in [0.2, 0.25) is 0 Å². The number of halogens is 1. The Morgan fingerprint density at radius 3 is 3.00 bits per heavy atom. The number of hydrogen-bond donors (Lipinski definition) is 1. The third kappa shape index (κ3) is 3.78. The monoisotopic (exact) mass is 296 g/mol. The molecule has 1 saturated carbocycles. The highest BCUT2D eigenvalue weighted by Gasteiger charge is 2.28. The Morgan fingerprint density at radius 2 is 2.24 bits per heavy atom. The molecule has 94 valence electrons. The zero-order valence-corrected chi connectivity index (χ0v) is 12.0. The molecule has 2 nitrogen and oxygen atoms in total. The van der Waals surface area contributed by atoms with Crippen LogP contribution in [0.25, 0.3) is 0 Å². The molecule has 1 aromatic heterocycles. The molecule has 0 amide bonds. The number of rotatable bonds is 2. The smallest absolute Gasteiger partial charge is 0.0410 e. The molecule has 1 aliphatic rings. The quantitative estimate of drug-likeness (QED) is 0.846. The van der Waals surface area contributed by atoms with Crippen molar-refractivity contribution < 1.29 is 0 Å². The molecule has 2 unspecified atom stereocenters. The molecule has 1 aliphatic carbocycles. The largest absolute Gasteiger partial charge is 0.325 e. The van der Waals surface area contributed by atoms with Crippen molar-refractivity contribution in [1.82, 2.24) is 4.98 Å². The maximum Gasteiger partial charge on any atom is 0.0410 e. The lowest BCUT2D eigenvalue weighted by Crippen LogP contribution is -2.41. The lowest BCUT2D eigenvalue weighted by molar-refractivity contribution is 0.363. The number of aromatic nitrogens is 1. The molecule has 0 aliphatic heterocycles. The molecule has 0 radical (unpaired) electrons. The van der Waals surface area contributed by atoms with Gasteiger partial charge in [0.25, 0.3) is 0 Å². The Balaban J connectivity index is 2.06.